The molecule has 0 saturated heterocycles. The molecule has 0 aromatic heterocycles. The molecule has 2 unspecified atom stereocenters. The average molecular weight is 178 g/mol. The van der Waals surface area contributed by atoms with E-state index in [4.69, 9.17) is 10.2 Å². The monoisotopic (exact) mass is 178 g/mol. The Hall–Kier alpha value is -0.710. The maximum absolute atomic E-state index is 10.3. The first-order valence-electron chi connectivity index (χ1n) is 3.07. The zero-order valence-electron chi connectivity index (χ0n) is 6.02. The van der Waals surface area contributed by atoms with E-state index in [9.17, 15) is 9.59 Å². The van der Waals surface area contributed by atoms with E-state index in [2.05, 4.69) is 12.6 Å². The molecule has 0 bridgehead atoms. The zero-order valence-corrected chi connectivity index (χ0v) is 6.91. The third kappa shape index (κ3) is 3.87. The minimum atomic E-state index is -1.03. The molecule has 64 valence electrons. The first kappa shape index (κ1) is 10.3. The Morgan fingerprint density at radius 3 is 2.18 bits per heavy atom. The molecule has 0 heterocycles. The summed E-state index contributed by atoms with van der Waals surface area (Å²) in [5, 5.41) is 16.1. The number of rotatable bonds is 4. The summed E-state index contributed by atoms with van der Waals surface area (Å²) in [6.07, 6.45) is -0.226. The van der Waals surface area contributed by atoms with Gasteiger partial charge in [0.25, 0.3) is 0 Å². The van der Waals surface area contributed by atoms with E-state index in [1.807, 2.05) is 0 Å². The Labute approximate surface area is 69.6 Å². The van der Waals surface area contributed by atoms with Crippen LogP contribution in [0.3, 0.4) is 0 Å². The summed E-state index contributed by atoms with van der Waals surface area (Å²) in [6.45, 7) is 1.43. The molecule has 2 N–H and O–H groups in total. The summed E-state index contributed by atoms with van der Waals surface area (Å²) < 4.78 is 0. The minimum absolute atomic E-state index is 0.226. The van der Waals surface area contributed by atoms with Crippen molar-refractivity contribution in [3.05, 3.63) is 0 Å². The van der Waals surface area contributed by atoms with Crippen molar-refractivity contribution in [3.8, 4) is 0 Å². The van der Waals surface area contributed by atoms with Gasteiger partial charge >= 0.3 is 11.9 Å². The van der Waals surface area contributed by atoms with Crippen molar-refractivity contribution in [2.24, 2.45) is 5.92 Å². The SMILES string of the molecule is CC(C(=O)O)C(S)CC(=O)O. The second-order valence-corrected chi connectivity index (χ2v) is 2.96. The molecule has 0 aliphatic heterocycles. The lowest BCUT2D eigenvalue weighted by Gasteiger charge is -2.11. The van der Waals surface area contributed by atoms with Crippen LogP contribution in [0.4, 0.5) is 0 Å². The molecule has 11 heavy (non-hydrogen) atoms. The summed E-state index contributed by atoms with van der Waals surface area (Å²) in [7, 11) is 0. The van der Waals surface area contributed by atoms with Gasteiger partial charge in [-0.2, -0.15) is 12.6 Å². The van der Waals surface area contributed by atoms with Crippen LogP contribution in [-0.2, 0) is 9.59 Å². The van der Waals surface area contributed by atoms with Crippen molar-refractivity contribution >= 4 is 24.6 Å². The van der Waals surface area contributed by atoms with Crippen molar-refractivity contribution in [2.75, 3.05) is 0 Å². The molecule has 0 aromatic rings. The first-order chi connectivity index (χ1) is 4.95. The van der Waals surface area contributed by atoms with Crippen molar-refractivity contribution in [3.63, 3.8) is 0 Å². The molecular formula is C6H10O4S. The van der Waals surface area contributed by atoms with Crippen LogP contribution in [0.15, 0.2) is 0 Å². The second kappa shape index (κ2) is 4.23. The average Bonchev–Trinajstić information content (AvgIpc) is 1.84. The molecule has 2 atom stereocenters. The van der Waals surface area contributed by atoms with E-state index in [0.29, 0.717) is 0 Å². The molecule has 0 rings (SSSR count). The van der Waals surface area contributed by atoms with E-state index in [1.165, 1.54) is 6.92 Å². The fourth-order valence-corrected chi connectivity index (χ4v) is 0.804. The number of hydrogen-bond donors (Lipinski definition) is 3. The molecule has 0 saturated carbocycles. The highest BCUT2D eigenvalue weighted by atomic mass is 32.1. The molecule has 0 spiro atoms. The number of carbonyl (C=O) groups is 2. The van der Waals surface area contributed by atoms with Gasteiger partial charge in [0.2, 0.25) is 0 Å². The molecule has 0 aliphatic rings. The second-order valence-electron chi connectivity index (χ2n) is 2.29. The van der Waals surface area contributed by atoms with Gasteiger partial charge in [0.15, 0.2) is 0 Å². The van der Waals surface area contributed by atoms with Gasteiger partial charge in [0.05, 0.1) is 12.3 Å². The van der Waals surface area contributed by atoms with E-state index >= 15 is 0 Å². The first-order valence-corrected chi connectivity index (χ1v) is 3.59. The summed E-state index contributed by atoms with van der Waals surface area (Å²) in [6, 6.07) is 0. The number of hydrogen-bond acceptors (Lipinski definition) is 3. The van der Waals surface area contributed by atoms with Gasteiger partial charge in [0.1, 0.15) is 0 Å². The maximum Gasteiger partial charge on any atom is 0.307 e. The Kier molecular flexibility index (Phi) is 3.95. The highest BCUT2D eigenvalue weighted by Crippen LogP contribution is 2.13. The van der Waals surface area contributed by atoms with Crippen molar-refractivity contribution in [2.45, 2.75) is 18.6 Å². The van der Waals surface area contributed by atoms with E-state index in [-0.39, 0.29) is 6.42 Å². The Morgan fingerprint density at radius 1 is 1.45 bits per heavy atom. The standard InChI is InChI=1S/C6H10O4S/c1-3(6(9)10)4(11)2-5(7)8/h3-4,11H,2H2,1H3,(H,7,8)(H,9,10). The summed E-state index contributed by atoms with van der Waals surface area (Å²) in [5.74, 6) is -2.78. The molecule has 0 amide bonds. The van der Waals surface area contributed by atoms with Gasteiger partial charge in [0, 0.05) is 5.25 Å². The third-order valence-corrected chi connectivity index (χ3v) is 1.98. The summed E-state index contributed by atoms with van der Waals surface area (Å²) >= 11 is 3.84. The molecule has 0 fully saturated rings. The number of carboxylic acids is 2. The number of thiol groups is 1. The van der Waals surface area contributed by atoms with Gasteiger partial charge in [-0.1, -0.05) is 6.92 Å². The van der Waals surface area contributed by atoms with Crippen molar-refractivity contribution in [1.82, 2.24) is 0 Å². The van der Waals surface area contributed by atoms with E-state index in [1.54, 1.807) is 0 Å². The fraction of sp³-hybridized carbons (Fsp3) is 0.667. The fourth-order valence-electron chi connectivity index (χ4n) is 0.520. The van der Waals surface area contributed by atoms with Crippen molar-refractivity contribution in [1.29, 1.82) is 0 Å². The number of carboxylic acid groups (broad SMARTS) is 2. The lowest BCUT2D eigenvalue weighted by atomic mass is 10.1. The molecule has 0 radical (unpaired) electrons. The largest absolute Gasteiger partial charge is 0.481 e. The van der Waals surface area contributed by atoms with Crippen LogP contribution < -0.4 is 0 Å². The minimum Gasteiger partial charge on any atom is -0.481 e. The topological polar surface area (TPSA) is 74.6 Å². The third-order valence-electron chi connectivity index (χ3n) is 1.35. The Morgan fingerprint density at radius 2 is 1.91 bits per heavy atom. The highest BCUT2D eigenvalue weighted by Gasteiger charge is 2.22. The predicted molar refractivity (Wildman–Crippen MR) is 41.8 cm³/mol. The van der Waals surface area contributed by atoms with E-state index < -0.39 is 23.1 Å². The van der Waals surface area contributed by atoms with Crippen LogP contribution in [0.25, 0.3) is 0 Å². The van der Waals surface area contributed by atoms with Gasteiger partial charge in [-0.25, -0.2) is 0 Å². The van der Waals surface area contributed by atoms with E-state index in [0.717, 1.165) is 0 Å². The molecular weight excluding hydrogens is 168 g/mol. The van der Waals surface area contributed by atoms with Crippen LogP contribution in [0.5, 0.6) is 0 Å². The van der Waals surface area contributed by atoms with Crippen molar-refractivity contribution < 1.29 is 19.8 Å². The number of aliphatic carboxylic acids is 2. The van der Waals surface area contributed by atoms with Crippen LogP contribution in [0, 0.1) is 5.92 Å². The molecule has 0 aromatic carbocycles. The zero-order chi connectivity index (χ0) is 9.02. The highest BCUT2D eigenvalue weighted by molar-refractivity contribution is 7.81. The molecule has 4 nitrogen and oxygen atoms in total. The lowest BCUT2D eigenvalue weighted by molar-refractivity contribution is -0.141. The van der Waals surface area contributed by atoms with Gasteiger partial charge < -0.3 is 10.2 Å². The summed E-state index contributed by atoms with van der Waals surface area (Å²) in [5.41, 5.74) is 0. The quantitative estimate of drug-likeness (QED) is 0.547. The Bertz CT molecular complexity index is 168. The van der Waals surface area contributed by atoms with Crippen LogP contribution in [0.1, 0.15) is 13.3 Å². The van der Waals surface area contributed by atoms with Crippen LogP contribution in [0.2, 0.25) is 0 Å². The van der Waals surface area contributed by atoms with Gasteiger partial charge in [-0.05, 0) is 0 Å². The predicted octanol–water partition coefficient (Wildman–Crippen LogP) is 0.480. The van der Waals surface area contributed by atoms with Crippen LogP contribution in [-0.4, -0.2) is 27.4 Å². The molecule has 5 heteroatoms. The normalized spacial score (nSPS) is 15.5. The maximum atomic E-state index is 10.3. The van der Waals surface area contributed by atoms with Gasteiger partial charge in [-0.3, -0.25) is 9.59 Å². The smallest absolute Gasteiger partial charge is 0.307 e. The molecule has 0 aliphatic carbocycles. The summed E-state index contributed by atoms with van der Waals surface area (Å²) in [4.78, 5) is 20.4. The van der Waals surface area contributed by atoms with Crippen LogP contribution >= 0.6 is 12.6 Å². The van der Waals surface area contributed by atoms with Gasteiger partial charge in [-0.15, -0.1) is 0 Å². The lowest BCUT2D eigenvalue weighted by Crippen LogP contribution is -2.23. The Balaban J connectivity index is 3.92.